The molecular formula is C22H33N5OS. The molecule has 0 spiro atoms. The second-order valence-electron chi connectivity index (χ2n) is 8.19. The van der Waals surface area contributed by atoms with E-state index in [9.17, 15) is 0 Å². The first-order valence-corrected chi connectivity index (χ1v) is 10.5. The zero-order chi connectivity index (χ0) is 21.6. The lowest BCUT2D eigenvalue weighted by Gasteiger charge is -2.19. The van der Waals surface area contributed by atoms with Gasteiger partial charge in [-0.15, -0.1) is 0 Å². The van der Waals surface area contributed by atoms with E-state index in [0.29, 0.717) is 11.4 Å². The van der Waals surface area contributed by atoms with E-state index in [1.807, 2.05) is 18.2 Å². The first-order chi connectivity index (χ1) is 13.7. The molecule has 0 aliphatic carbocycles. The van der Waals surface area contributed by atoms with Gasteiger partial charge in [0.2, 0.25) is 0 Å². The molecule has 7 heteroatoms. The van der Waals surface area contributed by atoms with E-state index in [1.165, 1.54) is 0 Å². The van der Waals surface area contributed by atoms with Crippen LogP contribution in [0.5, 0.6) is 5.75 Å². The average Bonchev–Trinajstić information content (AvgIpc) is 2.98. The molecule has 1 aromatic heterocycles. The zero-order valence-electron chi connectivity index (χ0n) is 18.3. The molecule has 6 nitrogen and oxygen atoms in total. The minimum atomic E-state index is 0.225. The van der Waals surface area contributed by atoms with E-state index in [-0.39, 0.29) is 5.41 Å². The van der Waals surface area contributed by atoms with Gasteiger partial charge in [0.25, 0.3) is 0 Å². The topological polar surface area (TPSA) is 75.0 Å². The van der Waals surface area contributed by atoms with Gasteiger partial charge in [0.15, 0.2) is 5.16 Å². The molecule has 158 valence electrons. The average molecular weight is 416 g/mol. The third kappa shape index (κ3) is 6.37. The predicted molar refractivity (Wildman–Crippen MR) is 123 cm³/mol. The highest BCUT2D eigenvalue weighted by Crippen LogP contribution is 2.35. The summed E-state index contributed by atoms with van der Waals surface area (Å²) in [4.78, 5) is 5.85. The van der Waals surface area contributed by atoms with Crippen molar-refractivity contribution in [1.29, 1.82) is 5.41 Å². The van der Waals surface area contributed by atoms with E-state index < -0.39 is 0 Å². The Kier molecular flexibility index (Phi) is 7.93. The minimum Gasteiger partial charge on any atom is -0.497 e. The molecule has 0 radical (unpaired) electrons. The van der Waals surface area contributed by atoms with Crippen molar-refractivity contribution in [3.05, 3.63) is 42.2 Å². The van der Waals surface area contributed by atoms with E-state index in [4.69, 9.17) is 15.1 Å². The van der Waals surface area contributed by atoms with Crippen LogP contribution >= 0.6 is 11.8 Å². The summed E-state index contributed by atoms with van der Waals surface area (Å²) in [6.45, 7) is 16.7. The minimum absolute atomic E-state index is 0.225. The number of imidazole rings is 1. The first kappa shape index (κ1) is 23.0. The second-order valence-corrected chi connectivity index (χ2v) is 9.20. The summed E-state index contributed by atoms with van der Waals surface area (Å²) in [5.41, 5.74) is 2.44. The van der Waals surface area contributed by atoms with Crippen molar-refractivity contribution in [2.24, 2.45) is 5.41 Å². The quantitative estimate of drug-likeness (QED) is 0.379. The Morgan fingerprint density at radius 2 is 2.10 bits per heavy atom. The third-order valence-corrected chi connectivity index (χ3v) is 5.44. The predicted octanol–water partition coefficient (Wildman–Crippen LogP) is 4.93. The molecule has 2 rings (SSSR count). The highest BCUT2D eigenvalue weighted by molar-refractivity contribution is 7.99. The number of nitrogens with zero attached hydrogens (tertiary/aromatic N) is 2. The Morgan fingerprint density at radius 3 is 2.69 bits per heavy atom. The Labute approximate surface area is 178 Å². The van der Waals surface area contributed by atoms with Gasteiger partial charge >= 0.3 is 0 Å². The van der Waals surface area contributed by atoms with Crippen LogP contribution in [0.4, 0.5) is 5.82 Å². The van der Waals surface area contributed by atoms with E-state index in [2.05, 4.69) is 49.5 Å². The monoisotopic (exact) mass is 415 g/mol. The molecule has 0 bridgehead atoms. The maximum Gasteiger partial charge on any atom is 0.175 e. The molecule has 0 amide bonds. The van der Waals surface area contributed by atoms with Gasteiger partial charge in [-0.1, -0.05) is 45.2 Å². The van der Waals surface area contributed by atoms with Gasteiger partial charge in [-0.25, -0.2) is 4.98 Å². The van der Waals surface area contributed by atoms with Crippen LogP contribution in [0.3, 0.4) is 0 Å². The molecule has 0 aliphatic heterocycles. The van der Waals surface area contributed by atoms with Gasteiger partial charge < -0.3 is 25.3 Å². The molecule has 0 aliphatic rings. The lowest BCUT2D eigenvalue weighted by molar-refractivity contribution is 0.374. The fourth-order valence-corrected chi connectivity index (χ4v) is 3.82. The maximum atomic E-state index is 8.15. The SMILES string of the molecule is C=CNc1c(C(C)=N)nc(Sc2cc(OC)ccc2C)n1CCNCC(C)(C)C. The maximum absolute atomic E-state index is 8.15. The fraction of sp³-hybridized carbons (Fsp3) is 0.455. The summed E-state index contributed by atoms with van der Waals surface area (Å²) >= 11 is 1.59. The van der Waals surface area contributed by atoms with Crippen molar-refractivity contribution in [2.45, 2.75) is 51.2 Å². The Hall–Kier alpha value is -2.25. The van der Waals surface area contributed by atoms with Gasteiger partial charge in [0, 0.05) is 24.5 Å². The number of hydrogen-bond acceptors (Lipinski definition) is 6. The number of ether oxygens (including phenoxy) is 1. The molecular weight excluding hydrogens is 382 g/mol. The fourth-order valence-electron chi connectivity index (χ4n) is 2.79. The van der Waals surface area contributed by atoms with Crippen molar-refractivity contribution in [3.8, 4) is 5.75 Å². The van der Waals surface area contributed by atoms with Crippen molar-refractivity contribution in [2.75, 3.05) is 25.5 Å². The number of hydrogen-bond donors (Lipinski definition) is 3. The normalized spacial score (nSPS) is 11.4. The van der Waals surface area contributed by atoms with Crippen molar-refractivity contribution in [3.63, 3.8) is 0 Å². The van der Waals surface area contributed by atoms with Gasteiger partial charge in [-0.2, -0.15) is 0 Å². The summed E-state index contributed by atoms with van der Waals surface area (Å²) in [5.74, 6) is 1.61. The number of aromatic nitrogens is 2. The van der Waals surface area contributed by atoms with Crippen LogP contribution in [-0.4, -0.2) is 35.5 Å². The molecule has 29 heavy (non-hydrogen) atoms. The molecule has 3 N–H and O–H groups in total. The number of aryl methyl sites for hydroxylation is 1. The number of benzene rings is 1. The van der Waals surface area contributed by atoms with Crippen LogP contribution in [0.1, 0.15) is 39.0 Å². The van der Waals surface area contributed by atoms with Crippen molar-refractivity contribution < 1.29 is 4.74 Å². The number of methoxy groups -OCH3 is 1. The van der Waals surface area contributed by atoms with E-state index in [0.717, 1.165) is 46.8 Å². The van der Waals surface area contributed by atoms with Crippen LogP contribution in [0.25, 0.3) is 0 Å². The Morgan fingerprint density at radius 1 is 1.38 bits per heavy atom. The van der Waals surface area contributed by atoms with Gasteiger partial charge in [0.05, 0.1) is 12.8 Å². The molecule has 0 unspecified atom stereocenters. The van der Waals surface area contributed by atoms with E-state index >= 15 is 0 Å². The van der Waals surface area contributed by atoms with Gasteiger partial charge in [0.1, 0.15) is 17.3 Å². The highest BCUT2D eigenvalue weighted by atomic mass is 32.2. The smallest absolute Gasteiger partial charge is 0.175 e. The standard InChI is InChI=1S/C22H33N5OS/c1-8-25-20-19(16(3)23)26-21(27(20)12-11-24-14-22(4,5)6)29-18-13-17(28-7)10-9-15(18)2/h8-10,13,23-25H,1,11-12,14H2,2-7H3. The summed E-state index contributed by atoms with van der Waals surface area (Å²) in [7, 11) is 1.67. The molecule has 0 saturated carbocycles. The Balaban J connectivity index is 2.37. The van der Waals surface area contributed by atoms with Crippen LogP contribution in [0.2, 0.25) is 0 Å². The molecule has 0 atom stereocenters. The second kappa shape index (κ2) is 9.98. The van der Waals surface area contributed by atoms with Crippen molar-refractivity contribution in [1.82, 2.24) is 14.9 Å². The first-order valence-electron chi connectivity index (χ1n) is 9.73. The summed E-state index contributed by atoms with van der Waals surface area (Å²) in [6, 6.07) is 6.03. The molecule has 1 aromatic carbocycles. The van der Waals surface area contributed by atoms with Gasteiger partial charge in [-0.3, -0.25) is 0 Å². The molecule has 2 aromatic rings. The molecule has 0 saturated heterocycles. The summed E-state index contributed by atoms with van der Waals surface area (Å²) in [6.07, 6.45) is 1.63. The zero-order valence-corrected chi connectivity index (χ0v) is 19.2. The van der Waals surface area contributed by atoms with Crippen LogP contribution in [-0.2, 0) is 6.54 Å². The van der Waals surface area contributed by atoms with Gasteiger partial charge in [-0.05, 0) is 43.2 Å². The Bertz CT molecular complexity index is 867. The van der Waals surface area contributed by atoms with Crippen LogP contribution in [0.15, 0.2) is 41.0 Å². The van der Waals surface area contributed by atoms with E-state index in [1.54, 1.807) is 32.0 Å². The lowest BCUT2D eigenvalue weighted by Crippen LogP contribution is -2.29. The third-order valence-electron chi connectivity index (χ3n) is 4.29. The number of anilines is 1. The lowest BCUT2D eigenvalue weighted by atomic mass is 9.97. The highest BCUT2D eigenvalue weighted by Gasteiger charge is 2.20. The number of nitrogens with one attached hydrogen (secondary N) is 3. The number of rotatable bonds is 10. The van der Waals surface area contributed by atoms with Crippen molar-refractivity contribution >= 4 is 23.3 Å². The largest absolute Gasteiger partial charge is 0.497 e. The molecule has 0 fully saturated rings. The van der Waals surface area contributed by atoms with Crippen LogP contribution < -0.4 is 15.4 Å². The summed E-state index contributed by atoms with van der Waals surface area (Å²) < 4.78 is 7.50. The molecule has 1 heterocycles. The summed E-state index contributed by atoms with van der Waals surface area (Å²) in [5, 5.41) is 15.7. The van der Waals surface area contributed by atoms with Crippen LogP contribution in [0, 0.1) is 17.7 Å².